The van der Waals surface area contributed by atoms with Gasteiger partial charge in [-0.2, -0.15) is 0 Å². The van der Waals surface area contributed by atoms with Gasteiger partial charge in [0.05, 0.1) is 17.8 Å². The molecule has 0 saturated carbocycles. The summed E-state index contributed by atoms with van der Waals surface area (Å²) in [6, 6.07) is 3.87. The van der Waals surface area contributed by atoms with Crippen molar-refractivity contribution in [3.05, 3.63) is 22.2 Å². The highest BCUT2D eigenvalue weighted by molar-refractivity contribution is 6.44. The Labute approximate surface area is 106 Å². The lowest BCUT2D eigenvalue weighted by Crippen LogP contribution is -2.35. The number of likely N-dealkylation sites (N-methyl/N-ethyl adjacent to an activating group) is 1. The molecule has 90 valence electrons. The minimum atomic E-state index is 0.196. The second kappa shape index (κ2) is 5.62. The standard InChI is InChI=1S/C11H16Cl2N2O/c1-7(6-14)15(2)8-4-5-9(16-3)11(13)10(8)12/h4-5,7H,6,14H2,1-3H3. The van der Waals surface area contributed by atoms with Crippen LogP contribution in [0.15, 0.2) is 12.1 Å². The van der Waals surface area contributed by atoms with Gasteiger partial charge >= 0.3 is 0 Å². The highest BCUT2D eigenvalue weighted by Gasteiger charge is 2.16. The van der Waals surface area contributed by atoms with Crippen molar-refractivity contribution >= 4 is 28.9 Å². The van der Waals surface area contributed by atoms with Gasteiger partial charge in [-0.15, -0.1) is 0 Å². The fourth-order valence-corrected chi connectivity index (χ4v) is 1.87. The Morgan fingerprint density at radius 1 is 1.38 bits per heavy atom. The van der Waals surface area contributed by atoms with Crippen LogP contribution in [0, 0.1) is 0 Å². The number of nitrogens with two attached hydrogens (primary N) is 1. The smallest absolute Gasteiger partial charge is 0.139 e. The van der Waals surface area contributed by atoms with Crippen LogP contribution in [0.3, 0.4) is 0 Å². The average molecular weight is 263 g/mol. The fourth-order valence-electron chi connectivity index (χ4n) is 1.35. The van der Waals surface area contributed by atoms with Gasteiger partial charge in [-0.25, -0.2) is 0 Å². The summed E-state index contributed by atoms with van der Waals surface area (Å²) in [5.41, 5.74) is 6.46. The zero-order chi connectivity index (χ0) is 12.3. The van der Waals surface area contributed by atoms with Crippen LogP contribution < -0.4 is 15.4 Å². The Morgan fingerprint density at radius 2 is 2.00 bits per heavy atom. The molecule has 0 amide bonds. The third-order valence-electron chi connectivity index (χ3n) is 2.63. The quantitative estimate of drug-likeness (QED) is 0.907. The van der Waals surface area contributed by atoms with E-state index in [1.807, 2.05) is 24.9 Å². The topological polar surface area (TPSA) is 38.5 Å². The van der Waals surface area contributed by atoms with Gasteiger partial charge < -0.3 is 15.4 Å². The van der Waals surface area contributed by atoms with Crippen LogP contribution in [0.25, 0.3) is 0 Å². The molecule has 0 fully saturated rings. The second-order valence-corrected chi connectivity index (χ2v) is 4.37. The van der Waals surface area contributed by atoms with Crippen molar-refractivity contribution in [2.24, 2.45) is 5.73 Å². The van der Waals surface area contributed by atoms with Crippen LogP contribution in [0.1, 0.15) is 6.92 Å². The predicted molar refractivity (Wildman–Crippen MR) is 69.9 cm³/mol. The Morgan fingerprint density at radius 3 is 2.50 bits per heavy atom. The van der Waals surface area contributed by atoms with Crippen molar-refractivity contribution < 1.29 is 4.74 Å². The minimum Gasteiger partial charge on any atom is -0.495 e. The third-order valence-corrected chi connectivity index (χ3v) is 3.48. The first-order valence-electron chi connectivity index (χ1n) is 4.97. The van der Waals surface area contributed by atoms with Crippen molar-refractivity contribution in [1.29, 1.82) is 0 Å². The summed E-state index contributed by atoms with van der Waals surface area (Å²) in [5.74, 6) is 0.573. The van der Waals surface area contributed by atoms with Crippen molar-refractivity contribution in [3.8, 4) is 5.75 Å². The van der Waals surface area contributed by atoms with E-state index < -0.39 is 0 Å². The maximum absolute atomic E-state index is 6.18. The number of rotatable bonds is 4. The SMILES string of the molecule is COc1ccc(N(C)C(C)CN)c(Cl)c1Cl. The van der Waals surface area contributed by atoms with Gasteiger partial charge in [-0.3, -0.25) is 0 Å². The van der Waals surface area contributed by atoms with Gasteiger partial charge in [0.2, 0.25) is 0 Å². The number of ether oxygens (including phenoxy) is 1. The summed E-state index contributed by atoms with van der Waals surface area (Å²) in [6.45, 7) is 2.57. The van der Waals surface area contributed by atoms with E-state index >= 15 is 0 Å². The second-order valence-electron chi connectivity index (χ2n) is 3.61. The Bertz CT molecular complexity index is 371. The number of hydrogen-bond donors (Lipinski definition) is 1. The zero-order valence-electron chi connectivity index (χ0n) is 9.63. The predicted octanol–water partition coefficient (Wildman–Crippen LogP) is 2.79. The molecule has 2 N–H and O–H groups in total. The number of methoxy groups -OCH3 is 1. The molecular formula is C11H16Cl2N2O. The molecule has 5 heteroatoms. The lowest BCUT2D eigenvalue weighted by atomic mass is 10.2. The van der Waals surface area contributed by atoms with Crippen molar-refractivity contribution in [1.82, 2.24) is 0 Å². The molecule has 0 bridgehead atoms. The average Bonchev–Trinajstić information content (AvgIpc) is 2.30. The normalized spacial score (nSPS) is 12.4. The van der Waals surface area contributed by atoms with E-state index in [0.29, 0.717) is 22.3 Å². The lowest BCUT2D eigenvalue weighted by Gasteiger charge is -2.27. The Balaban J connectivity index is 3.11. The molecule has 0 saturated heterocycles. The molecule has 3 nitrogen and oxygen atoms in total. The molecule has 1 atom stereocenters. The van der Waals surface area contributed by atoms with Gasteiger partial charge in [0.15, 0.2) is 0 Å². The van der Waals surface area contributed by atoms with Crippen molar-refractivity contribution in [2.45, 2.75) is 13.0 Å². The van der Waals surface area contributed by atoms with Gasteiger partial charge in [0.1, 0.15) is 10.8 Å². The summed E-state index contributed by atoms with van der Waals surface area (Å²) in [5, 5.41) is 0.918. The first kappa shape index (κ1) is 13.4. The van der Waals surface area contributed by atoms with Gasteiger partial charge in [0.25, 0.3) is 0 Å². The summed E-state index contributed by atoms with van der Waals surface area (Å²) in [6.07, 6.45) is 0. The maximum atomic E-state index is 6.18. The minimum absolute atomic E-state index is 0.196. The van der Waals surface area contributed by atoms with E-state index in [-0.39, 0.29) is 6.04 Å². The van der Waals surface area contributed by atoms with Gasteiger partial charge in [0, 0.05) is 19.6 Å². The third kappa shape index (κ3) is 2.54. The molecular weight excluding hydrogens is 247 g/mol. The largest absolute Gasteiger partial charge is 0.495 e. The molecule has 0 heterocycles. The fraction of sp³-hybridized carbons (Fsp3) is 0.455. The first-order valence-corrected chi connectivity index (χ1v) is 5.73. The van der Waals surface area contributed by atoms with E-state index in [0.717, 1.165) is 5.69 Å². The van der Waals surface area contributed by atoms with Crippen LogP contribution in [-0.4, -0.2) is 26.7 Å². The van der Waals surface area contributed by atoms with Crippen molar-refractivity contribution in [3.63, 3.8) is 0 Å². The molecule has 0 aliphatic heterocycles. The van der Waals surface area contributed by atoms with E-state index in [1.165, 1.54) is 0 Å². The highest BCUT2D eigenvalue weighted by atomic mass is 35.5. The van der Waals surface area contributed by atoms with E-state index in [2.05, 4.69) is 0 Å². The van der Waals surface area contributed by atoms with E-state index in [1.54, 1.807) is 13.2 Å². The lowest BCUT2D eigenvalue weighted by molar-refractivity contribution is 0.415. The van der Waals surface area contributed by atoms with Crippen molar-refractivity contribution in [2.75, 3.05) is 25.6 Å². The Kier molecular flexibility index (Phi) is 4.71. The van der Waals surface area contributed by atoms with Crippen LogP contribution in [-0.2, 0) is 0 Å². The molecule has 0 radical (unpaired) electrons. The number of benzene rings is 1. The zero-order valence-corrected chi connectivity index (χ0v) is 11.1. The first-order chi connectivity index (χ1) is 7.52. The maximum Gasteiger partial charge on any atom is 0.139 e. The number of nitrogens with zero attached hydrogens (tertiary/aromatic N) is 1. The van der Waals surface area contributed by atoms with Crippen LogP contribution in [0.2, 0.25) is 10.0 Å². The van der Waals surface area contributed by atoms with Gasteiger partial charge in [-0.05, 0) is 19.1 Å². The molecule has 1 unspecified atom stereocenters. The highest BCUT2D eigenvalue weighted by Crippen LogP contribution is 2.39. The molecule has 0 aromatic heterocycles. The summed E-state index contributed by atoms with van der Waals surface area (Å²) >= 11 is 12.3. The summed E-state index contributed by atoms with van der Waals surface area (Å²) in [4.78, 5) is 1.99. The van der Waals surface area contributed by atoms with Crippen LogP contribution in [0.4, 0.5) is 5.69 Å². The molecule has 1 rings (SSSR count). The molecule has 0 aliphatic rings. The molecule has 0 aliphatic carbocycles. The molecule has 0 spiro atoms. The number of hydrogen-bond acceptors (Lipinski definition) is 3. The number of halogens is 2. The van der Waals surface area contributed by atoms with E-state index in [4.69, 9.17) is 33.7 Å². The molecule has 1 aromatic carbocycles. The molecule has 16 heavy (non-hydrogen) atoms. The number of anilines is 1. The van der Waals surface area contributed by atoms with Gasteiger partial charge in [-0.1, -0.05) is 23.2 Å². The summed E-state index contributed by atoms with van der Waals surface area (Å²) < 4.78 is 5.09. The summed E-state index contributed by atoms with van der Waals surface area (Å²) in [7, 11) is 3.49. The monoisotopic (exact) mass is 262 g/mol. The van der Waals surface area contributed by atoms with Crippen LogP contribution >= 0.6 is 23.2 Å². The Hall–Kier alpha value is -0.640. The van der Waals surface area contributed by atoms with Crippen LogP contribution in [0.5, 0.6) is 5.75 Å². The van der Waals surface area contributed by atoms with E-state index in [9.17, 15) is 0 Å². The molecule has 1 aromatic rings.